The number of nitrogens with zero attached hydrogens (tertiary/aromatic N) is 3. The van der Waals surface area contributed by atoms with Crippen molar-refractivity contribution in [3.8, 4) is 23.3 Å². The molecule has 0 atom stereocenters. The monoisotopic (exact) mass is 332 g/mol. The Balaban J connectivity index is 2.18. The predicted octanol–water partition coefficient (Wildman–Crippen LogP) is 3.73. The van der Waals surface area contributed by atoms with Gasteiger partial charge >= 0.3 is 5.97 Å². The van der Waals surface area contributed by atoms with Crippen molar-refractivity contribution in [3.63, 3.8) is 0 Å². The molecule has 2 aromatic rings. The van der Waals surface area contributed by atoms with E-state index in [9.17, 15) is 4.79 Å². The summed E-state index contributed by atoms with van der Waals surface area (Å²) in [6.07, 6.45) is -0.165. The lowest BCUT2D eigenvalue weighted by molar-refractivity contribution is 0.0378. The van der Waals surface area contributed by atoms with Gasteiger partial charge in [0.05, 0.1) is 17.4 Å². The summed E-state index contributed by atoms with van der Waals surface area (Å²) in [4.78, 5) is 11.9. The third kappa shape index (κ3) is 4.92. The van der Waals surface area contributed by atoms with Crippen molar-refractivity contribution < 1.29 is 9.53 Å². The number of nitrogens with one attached hydrogen (secondary N) is 1. The molecule has 0 radical (unpaired) electrons. The Morgan fingerprint density at radius 2 is 1.76 bits per heavy atom. The smallest absolute Gasteiger partial charge is 0.338 e. The highest BCUT2D eigenvalue weighted by Gasteiger charge is 2.09. The number of hydrazone groups is 1. The van der Waals surface area contributed by atoms with Crippen LogP contribution in [0, 0.1) is 22.7 Å². The van der Waals surface area contributed by atoms with Crippen LogP contribution in [0.15, 0.2) is 53.6 Å². The Labute approximate surface area is 146 Å². The molecule has 0 bridgehead atoms. The Bertz CT molecular complexity index is 856. The van der Waals surface area contributed by atoms with Crippen molar-refractivity contribution in [2.75, 3.05) is 5.43 Å². The number of carbonyl (C=O) groups excluding carboxylic acids is 1. The number of benzene rings is 2. The first-order valence-electron chi connectivity index (χ1n) is 7.59. The van der Waals surface area contributed by atoms with Crippen LogP contribution in [0.4, 0.5) is 5.69 Å². The zero-order chi connectivity index (χ0) is 18.2. The van der Waals surface area contributed by atoms with Gasteiger partial charge in [0.15, 0.2) is 0 Å². The zero-order valence-corrected chi connectivity index (χ0v) is 13.9. The first kappa shape index (κ1) is 17.7. The van der Waals surface area contributed by atoms with Gasteiger partial charge in [-0.05, 0) is 49.2 Å². The summed E-state index contributed by atoms with van der Waals surface area (Å²) < 4.78 is 5.16. The van der Waals surface area contributed by atoms with Crippen LogP contribution in [0.25, 0.3) is 11.1 Å². The second-order valence-electron chi connectivity index (χ2n) is 5.41. The van der Waals surface area contributed by atoms with Crippen molar-refractivity contribution in [1.82, 2.24) is 0 Å². The third-order valence-electron chi connectivity index (χ3n) is 3.17. The number of anilines is 1. The minimum Gasteiger partial charge on any atom is -0.459 e. The molecule has 0 aliphatic rings. The second kappa shape index (κ2) is 8.28. The van der Waals surface area contributed by atoms with E-state index >= 15 is 0 Å². The second-order valence-corrected chi connectivity index (χ2v) is 5.41. The fraction of sp³-hybridized carbons (Fsp3) is 0.158. The van der Waals surface area contributed by atoms with Crippen molar-refractivity contribution in [3.05, 3.63) is 54.1 Å². The Morgan fingerprint density at radius 3 is 2.36 bits per heavy atom. The highest BCUT2D eigenvalue weighted by atomic mass is 16.5. The largest absolute Gasteiger partial charge is 0.459 e. The molecule has 6 heteroatoms. The molecule has 0 amide bonds. The number of hydrogen-bond donors (Lipinski definition) is 1. The van der Waals surface area contributed by atoms with E-state index in [0.29, 0.717) is 11.3 Å². The lowest BCUT2D eigenvalue weighted by Gasteiger charge is -2.09. The standard InChI is InChI=1S/C19H16N4O2/c1-13(2)25-19(24)15-8-6-14(7-9-15)16-4-3-5-17(10-16)22-23-18(11-20)12-21/h3-10,13,22H,1-2H3. The maximum Gasteiger partial charge on any atom is 0.338 e. The molecule has 2 rings (SSSR count). The maximum atomic E-state index is 11.9. The summed E-state index contributed by atoms with van der Waals surface area (Å²) in [5.74, 6) is -0.355. The van der Waals surface area contributed by atoms with Gasteiger partial charge < -0.3 is 4.74 Å². The van der Waals surface area contributed by atoms with Gasteiger partial charge in [-0.3, -0.25) is 5.43 Å². The minimum atomic E-state index is -0.355. The number of nitriles is 2. The molecule has 6 nitrogen and oxygen atoms in total. The van der Waals surface area contributed by atoms with Gasteiger partial charge in [-0.1, -0.05) is 24.3 Å². The minimum absolute atomic E-state index is 0.165. The van der Waals surface area contributed by atoms with Crippen LogP contribution in [0.1, 0.15) is 24.2 Å². The van der Waals surface area contributed by atoms with E-state index in [4.69, 9.17) is 15.3 Å². The molecule has 0 aliphatic heterocycles. The molecule has 25 heavy (non-hydrogen) atoms. The molecule has 2 aromatic carbocycles. The van der Waals surface area contributed by atoms with Gasteiger partial charge in [-0.15, -0.1) is 0 Å². The van der Waals surface area contributed by atoms with E-state index < -0.39 is 0 Å². The first-order chi connectivity index (χ1) is 12.0. The lowest BCUT2D eigenvalue weighted by atomic mass is 10.0. The van der Waals surface area contributed by atoms with E-state index in [-0.39, 0.29) is 17.8 Å². The third-order valence-corrected chi connectivity index (χ3v) is 3.17. The molecule has 0 heterocycles. The summed E-state index contributed by atoms with van der Waals surface area (Å²) >= 11 is 0. The Kier molecular flexibility index (Phi) is 5.86. The van der Waals surface area contributed by atoms with Crippen LogP contribution in [0.3, 0.4) is 0 Å². The van der Waals surface area contributed by atoms with E-state index in [1.165, 1.54) is 0 Å². The van der Waals surface area contributed by atoms with Gasteiger partial charge in [0.25, 0.3) is 0 Å². The fourth-order valence-electron chi connectivity index (χ4n) is 2.04. The van der Waals surface area contributed by atoms with E-state index in [1.54, 1.807) is 44.2 Å². The topological polar surface area (TPSA) is 98.3 Å². The molecule has 124 valence electrons. The number of rotatable bonds is 5. The number of ether oxygens (including phenoxy) is 1. The Hall–Kier alpha value is -3.64. The fourth-order valence-corrected chi connectivity index (χ4v) is 2.04. The molecule has 0 aliphatic carbocycles. The lowest BCUT2D eigenvalue weighted by Crippen LogP contribution is -2.11. The average Bonchev–Trinajstić information content (AvgIpc) is 2.62. The van der Waals surface area contributed by atoms with Gasteiger partial charge in [-0.25, -0.2) is 4.79 Å². The zero-order valence-electron chi connectivity index (χ0n) is 13.9. The maximum absolute atomic E-state index is 11.9. The molecular weight excluding hydrogens is 316 g/mol. The molecule has 0 unspecified atom stereocenters. The highest BCUT2D eigenvalue weighted by Crippen LogP contribution is 2.23. The van der Waals surface area contributed by atoms with Gasteiger partial charge in [-0.2, -0.15) is 15.6 Å². The number of carbonyl (C=O) groups is 1. The first-order valence-corrected chi connectivity index (χ1v) is 7.59. The van der Waals surface area contributed by atoms with Crippen LogP contribution < -0.4 is 5.43 Å². The van der Waals surface area contributed by atoms with Crippen molar-refractivity contribution in [2.24, 2.45) is 5.10 Å². The predicted molar refractivity (Wildman–Crippen MR) is 94.7 cm³/mol. The molecule has 0 saturated heterocycles. The van der Waals surface area contributed by atoms with Gasteiger partial charge in [0.2, 0.25) is 5.71 Å². The van der Waals surface area contributed by atoms with Crippen molar-refractivity contribution >= 4 is 17.4 Å². The highest BCUT2D eigenvalue weighted by molar-refractivity contribution is 6.10. The SMILES string of the molecule is CC(C)OC(=O)c1ccc(-c2cccc(NN=C(C#N)C#N)c2)cc1. The molecular formula is C19H16N4O2. The Morgan fingerprint density at radius 1 is 1.08 bits per heavy atom. The van der Waals surface area contributed by atoms with Crippen LogP contribution in [0.5, 0.6) is 0 Å². The summed E-state index contributed by atoms with van der Waals surface area (Å²) in [6, 6.07) is 17.8. The van der Waals surface area contributed by atoms with Crippen LogP contribution in [-0.4, -0.2) is 17.8 Å². The molecule has 0 saturated carbocycles. The van der Waals surface area contributed by atoms with Crippen LogP contribution in [0.2, 0.25) is 0 Å². The number of esters is 1. The van der Waals surface area contributed by atoms with E-state index in [0.717, 1.165) is 11.1 Å². The van der Waals surface area contributed by atoms with Crippen molar-refractivity contribution in [2.45, 2.75) is 20.0 Å². The van der Waals surface area contributed by atoms with Gasteiger partial charge in [0, 0.05) is 0 Å². The summed E-state index contributed by atoms with van der Waals surface area (Å²) in [6.45, 7) is 3.61. The molecule has 0 fully saturated rings. The summed E-state index contributed by atoms with van der Waals surface area (Å²) in [5.41, 5.74) is 5.37. The number of hydrogen-bond acceptors (Lipinski definition) is 6. The van der Waals surface area contributed by atoms with E-state index in [1.807, 2.05) is 30.3 Å². The summed E-state index contributed by atoms with van der Waals surface area (Å²) in [5, 5.41) is 21.1. The van der Waals surface area contributed by atoms with Crippen LogP contribution >= 0.6 is 0 Å². The summed E-state index contributed by atoms with van der Waals surface area (Å²) in [7, 11) is 0. The van der Waals surface area contributed by atoms with Crippen LogP contribution in [-0.2, 0) is 4.74 Å². The van der Waals surface area contributed by atoms with Crippen molar-refractivity contribution in [1.29, 1.82) is 10.5 Å². The molecule has 0 spiro atoms. The normalized spacial score (nSPS) is 9.64. The quantitative estimate of drug-likeness (QED) is 0.511. The molecule has 0 aromatic heterocycles. The van der Waals surface area contributed by atoms with E-state index in [2.05, 4.69) is 10.5 Å². The van der Waals surface area contributed by atoms with Gasteiger partial charge in [0.1, 0.15) is 12.1 Å². The average molecular weight is 332 g/mol. The molecule has 1 N–H and O–H groups in total.